The molecule has 27 heavy (non-hydrogen) atoms. The molecule has 0 spiro atoms. The number of rotatable bonds is 5. The van der Waals surface area contributed by atoms with Crippen LogP contribution in [0.4, 0.5) is 0 Å². The van der Waals surface area contributed by atoms with Gasteiger partial charge in [-0.2, -0.15) is 0 Å². The Morgan fingerprint density at radius 3 is 2.30 bits per heavy atom. The molecule has 0 bridgehead atoms. The third-order valence-electron chi connectivity index (χ3n) is 4.75. The standard InChI is InChI=1S/C21H23NO4S/c1-4-26-21(23)19-14-22(20(16(19)3)17-8-6-5-7-9-17)27(24,25)18-12-10-15(2)11-13-18/h5-14,16,20H,4H2,1-3H3/t16-,20-/m0/s1. The van der Waals surface area contributed by atoms with E-state index in [0.29, 0.717) is 5.57 Å². The highest BCUT2D eigenvalue weighted by Crippen LogP contribution is 2.43. The normalized spacial score (nSPS) is 19.7. The first-order chi connectivity index (χ1) is 12.9. The van der Waals surface area contributed by atoms with Crippen molar-refractivity contribution in [3.8, 4) is 0 Å². The van der Waals surface area contributed by atoms with Crippen molar-refractivity contribution in [1.29, 1.82) is 0 Å². The summed E-state index contributed by atoms with van der Waals surface area (Å²) in [4.78, 5) is 12.6. The summed E-state index contributed by atoms with van der Waals surface area (Å²) < 4.78 is 33.1. The Bertz CT molecular complexity index is 949. The third-order valence-corrected chi connectivity index (χ3v) is 6.51. The van der Waals surface area contributed by atoms with E-state index in [4.69, 9.17) is 4.74 Å². The van der Waals surface area contributed by atoms with Crippen LogP contribution < -0.4 is 0 Å². The van der Waals surface area contributed by atoms with Gasteiger partial charge in [0, 0.05) is 12.1 Å². The molecule has 0 saturated heterocycles. The maximum atomic E-state index is 13.3. The van der Waals surface area contributed by atoms with Crippen molar-refractivity contribution >= 4 is 16.0 Å². The Hall–Kier alpha value is -2.60. The maximum absolute atomic E-state index is 13.3. The number of hydrogen-bond donors (Lipinski definition) is 0. The molecule has 2 aromatic rings. The monoisotopic (exact) mass is 385 g/mol. The molecule has 3 rings (SSSR count). The molecule has 0 radical (unpaired) electrons. The smallest absolute Gasteiger partial charge is 0.335 e. The van der Waals surface area contributed by atoms with Crippen LogP contribution in [0.25, 0.3) is 0 Å². The molecule has 0 fully saturated rings. The number of hydrogen-bond acceptors (Lipinski definition) is 4. The van der Waals surface area contributed by atoms with Gasteiger partial charge in [0.2, 0.25) is 0 Å². The number of carbonyl (C=O) groups is 1. The molecule has 1 heterocycles. The predicted octanol–water partition coefficient (Wildman–Crippen LogP) is 3.82. The first-order valence-electron chi connectivity index (χ1n) is 8.90. The van der Waals surface area contributed by atoms with Gasteiger partial charge in [-0.1, -0.05) is 55.0 Å². The van der Waals surface area contributed by atoms with Crippen molar-refractivity contribution in [1.82, 2.24) is 4.31 Å². The molecular weight excluding hydrogens is 362 g/mol. The first kappa shape index (κ1) is 19.2. The Labute approximate surface area is 160 Å². The van der Waals surface area contributed by atoms with E-state index in [9.17, 15) is 13.2 Å². The Balaban J connectivity index is 2.10. The van der Waals surface area contributed by atoms with E-state index in [2.05, 4.69) is 0 Å². The summed E-state index contributed by atoms with van der Waals surface area (Å²) in [5.41, 5.74) is 2.17. The zero-order chi connectivity index (χ0) is 19.6. The number of aryl methyl sites for hydroxylation is 1. The summed E-state index contributed by atoms with van der Waals surface area (Å²) in [5, 5.41) is 0. The molecule has 0 amide bonds. The van der Waals surface area contributed by atoms with Crippen LogP contribution in [0.2, 0.25) is 0 Å². The minimum atomic E-state index is -3.82. The van der Waals surface area contributed by atoms with E-state index < -0.39 is 22.0 Å². The van der Waals surface area contributed by atoms with Crippen molar-refractivity contribution in [3.05, 3.63) is 77.5 Å². The lowest BCUT2D eigenvalue weighted by molar-refractivity contribution is -0.139. The SMILES string of the molecule is CCOC(=O)C1=CN(S(=O)(=O)c2ccc(C)cc2)[C@H](c2ccccc2)[C@H]1C. The molecule has 142 valence electrons. The van der Waals surface area contributed by atoms with E-state index in [-0.39, 0.29) is 17.4 Å². The van der Waals surface area contributed by atoms with Gasteiger partial charge in [-0.3, -0.25) is 4.31 Å². The zero-order valence-electron chi connectivity index (χ0n) is 15.6. The van der Waals surface area contributed by atoms with Gasteiger partial charge >= 0.3 is 5.97 Å². The topological polar surface area (TPSA) is 63.7 Å². The third kappa shape index (κ3) is 3.62. The zero-order valence-corrected chi connectivity index (χ0v) is 16.4. The van der Waals surface area contributed by atoms with Crippen molar-refractivity contribution in [2.45, 2.75) is 31.7 Å². The highest BCUT2D eigenvalue weighted by molar-refractivity contribution is 7.89. The Morgan fingerprint density at radius 1 is 1.07 bits per heavy atom. The summed E-state index contributed by atoms with van der Waals surface area (Å²) >= 11 is 0. The van der Waals surface area contributed by atoms with Crippen molar-refractivity contribution in [2.24, 2.45) is 5.92 Å². The summed E-state index contributed by atoms with van der Waals surface area (Å²) in [6.45, 7) is 5.72. The van der Waals surface area contributed by atoms with Crippen LogP contribution in [-0.2, 0) is 19.6 Å². The summed E-state index contributed by atoms with van der Waals surface area (Å²) in [6.07, 6.45) is 1.43. The molecular formula is C21H23NO4S. The maximum Gasteiger partial charge on any atom is 0.335 e. The fourth-order valence-electron chi connectivity index (χ4n) is 3.32. The highest BCUT2D eigenvalue weighted by atomic mass is 32.2. The van der Waals surface area contributed by atoms with E-state index in [1.807, 2.05) is 44.2 Å². The van der Waals surface area contributed by atoms with E-state index >= 15 is 0 Å². The lowest BCUT2D eigenvalue weighted by Gasteiger charge is -2.28. The van der Waals surface area contributed by atoms with Crippen LogP contribution >= 0.6 is 0 Å². The van der Waals surface area contributed by atoms with Crippen LogP contribution in [0.1, 0.15) is 31.0 Å². The summed E-state index contributed by atoms with van der Waals surface area (Å²) in [7, 11) is -3.82. The van der Waals surface area contributed by atoms with Gasteiger partial charge in [-0.15, -0.1) is 0 Å². The average molecular weight is 385 g/mol. The largest absolute Gasteiger partial charge is 0.463 e. The lowest BCUT2D eigenvalue weighted by Crippen LogP contribution is -2.30. The van der Waals surface area contributed by atoms with Crippen LogP contribution in [0.15, 0.2) is 71.3 Å². The number of nitrogens with zero attached hydrogens (tertiary/aromatic N) is 1. The van der Waals surface area contributed by atoms with Crippen molar-refractivity contribution < 1.29 is 17.9 Å². The van der Waals surface area contributed by atoms with Crippen molar-refractivity contribution in [2.75, 3.05) is 6.61 Å². The number of ether oxygens (including phenoxy) is 1. The number of benzene rings is 2. The molecule has 2 atom stereocenters. The van der Waals surface area contributed by atoms with E-state index in [1.54, 1.807) is 31.2 Å². The first-order valence-corrected chi connectivity index (χ1v) is 10.3. The molecule has 2 aromatic carbocycles. The van der Waals surface area contributed by atoms with Gasteiger partial charge in [0.15, 0.2) is 0 Å². The predicted molar refractivity (Wildman–Crippen MR) is 103 cm³/mol. The van der Waals surface area contributed by atoms with Gasteiger partial charge in [0.05, 0.1) is 23.1 Å². The Kier molecular flexibility index (Phi) is 5.37. The average Bonchev–Trinajstić information content (AvgIpc) is 3.01. The fraction of sp³-hybridized carbons (Fsp3) is 0.286. The van der Waals surface area contributed by atoms with Gasteiger partial charge < -0.3 is 4.74 Å². The fourth-order valence-corrected chi connectivity index (χ4v) is 4.89. The molecule has 0 aliphatic carbocycles. The number of carbonyl (C=O) groups excluding carboxylic acids is 1. The molecule has 0 aromatic heterocycles. The van der Waals surface area contributed by atoms with Crippen LogP contribution in [0.3, 0.4) is 0 Å². The second-order valence-electron chi connectivity index (χ2n) is 6.60. The van der Waals surface area contributed by atoms with E-state index in [0.717, 1.165) is 11.1 Å². The van der Waals surface area contributed by atoms with E-state index in [1.165, 1.54) is 10.5 Å². The molecule has 0 saturated carbocycles. The summed E-state index contributed by atoms with van der Waals surface area (Å²) in [6, 6.07) is 15.6. The van der Waals surface area contributed by atoms with Gasteiger partial charge in [-0.05, 0) is 31.5 Å². The van der Waals surface area contributed by atoms with Crippen LogP contribution in [0, 0.1) is 12.8 Å². The molecule has 0 unspecified atom stereocenters. The molecule has 5 nitrogen and oxygen atoms in total. The Morgan fingerprint density at radius 2 is 1.70 bits per heavy atom. The minimum Gasteiger partial charge on any atom is -0.463 e. The lowest BCUT2D eigenvalue weighted by atomic mass is 9.92. The summed E-state index contributed by atoms with van der Waals surface area (Å²) in [5.74, 6) is -0.806. The second-order valence-corrected chi connectivity index (χ2v) is 8.44. The molecule has 0 N–H and O–H groups in total. The molecule has 1 aliphatic heterocycles. The number of sulfonamides is 1. The second kappa shape index (κ2) is 7.56. The van der Waals surface area contributed by atoms with Gasteiger partial charge in [-0.25, -0.2) is 13.2 Å². The quantitative estimate of drug-likeness (QED) is 0.734. The van der Waals surface area contributed by atoms with Gasteiger partial charge in [0.1, 0.15) is 0 Å². The van der Waals surface area contributed by atoms with Crippen LogP contribution in [-0.4, -0.2) is 25.3 Å². The molecule has 6 heteroatoms. The highest BCUT2D eigenvalue weighted by Gasteiger charge is 2.42. The molecule has 1 aliphatic rings. The minimum absolute atomic E-state index is 0.197. The van der Waals surface area contributed by atoms with Crippen molar-refractivity contribution in [3.63, 3.8) is 0 Å². The number of esters is 1. The van der Waals surface area contributed by atoms with Gasteiger partial charge in [0.25, 0.3) is 10.0 Å². The van der Waals surface area contributed by atoms with Crippen LogP contribution in [0.5, 0.6) is 0 Å².